The van der Waals surface area contributed by atoms with E-state index in [9.17, 15) is 17.6 Å². The molecule has 0 radical (unpaired) electrons. The molecule has 1 amide bonds. The fourth-order valence-corrected chi connectivity index (χ4v) is 4.51. The van der Waals surface area contributed by atoms with Crippen LogP contribution in [0.25, 0.3) is 0 Å². The first-order valence-electron chi connectivity index (χ1n) is 8.54. The zero-order chi connectivity index (χ0) is 18.9. The van der Waals surface area contributed by atoms with Crippen LogP contribution in [0.2, 0.25) is 0 Å². The molecule has 138 valence electrons. The fourth-order valence-electron chi connectivity index (χ4n) is 3.23. The first kappa shape index (κ1) is 18.4. The summed E-state index contributed by atoms with van der Waals surface area (Å²) in [5.41, 5.74) is 2.55. The molecule has 0 fully saturated rings. The van der Waals surface area contributed by atoms with Gasteiger partial charge < -0.3 is 4.90 Å². The highest BCUT2D eigenvalue weighted by Gasteiger charge is 2.23. The number of nitrogens with zero attached hydrogens (tertiary/aromatic N) is 1. The highest BCUT2D eigenvalue weighted by atomic mass is 32.2. The van der Waals surface area contributed by atoms with Gasteiger partial charge in [0.1, 0.15) is 5.82 Å². The average molecular weight is 376 g/mol. The molecule has 5 nitrogen and oxygen atoms in total. The number of hydrogen-bond donors (Lipinski definition) is 1. The van der Waals surface area contributed by atoms with Crippen LogP contribution in [-0.2, 0) is 21.2 Å². The topological polar surface area (TPSA) is 66.5 Å². The van der Waals surface area contributed by atoms with E-state index in [1.807, 2.05) is 6.92 Å². The minimum Gasteiger partial charge on any atom is -0.312 e. The minimum atomic E-state index is -3.82. The molecule has 2 aromatic rings. The van der Waals surface area contributed by atoms with Gasteiger partial charge in [-0.3, -0.25) is 9.52 Å². The Kier molecular flexibility index (Phi) is 5.00. The highest BCUT2D eigenvalue weighted by Crippen LogP contribution is 2.31. The molecule has 0 atom stereocenters. The lowest BCUT2D eigenvalue weighted by molar-refractivity contribution is -0.118. The zero-order valence-electron chi connectivity index (χ0n) is 14.8. The van der Waals surface area contributed by atoms with Crippen molar-refractivity contribution in [2.24, 2.45) is 0 Å². The van der Waals surface area contributed by atoms with Crippen LogP contribution in [0.15, 0.2) is 41.3 Å². The smallest absolute Gasteiger partial charge is 0.262 e. The number of fused-ring (bicyclic) bond motifs is 1. The van der Waals surface area contributed by atoms with E-state index in [1.54, 1.807) is 30.0 Å². The SMILES string of the molecule is CCC(=O)N1CCCc2cc(NS(=O)(=O)c3ccc(F)cc3C)ccc21. The molecule has 3 rings (SSSR count). The number of sulfonamides is 1. The van der Waals surface area contributed by atoms with Gasteiger partial charge in [-0.25, -0.2) is 12.8 Å². The molecule has 1 aliphatic rings. The van der Waals surface area contributed by atoms with Crippen LogP contribution in [0.5, 0.6) is 0 Å². The van der Waals surface area contributed by atoms with Crippen LogP contribution in [0.1, 0.15) is 30.9 Å². The molecule has 0 saturated heterocycles. The summed E-state index contributed by atoms with van der Waals surface area (Å²) in [6.45, 7) is 4.06. The maximum Gasteiger partial charge on any atom is 0.262 e. The summed E-state index contributed by atoms with van der Waals surface area (Å²) in [5.74, 6) is -0.419. The van der Waals surface area contributed by atoms with Crippen LogP contribution < -0.4 is 9.62 Å². The molecule has 1 aliphatic heterocycles. The molecule has 0 spiro atoms. The van der Waals surface area contributed by atoms with Crippen molar-refractivity contribution in [3.63, 3.8) is 0 Å². The Hall–Kier alpha value is -2.41. The lowest BCUT2D eigenvalue weighted by Crippen LogP contribution is -2.34. The molecular weight excluding hydrogens is 355 g/mol. The third kappa shape index (κ3) is 3.58. The predicted octanol–water partition coefficient (Wildman–Crippen LogP) is 3.62. The van der Waals surface area contributed by atoms with Crippen LogP contribution in [0.3, 0.4) is 0 Å². The Morgan fingerprint density at radius 1 is 1.23 bits per heavy atom. The van der Waals surface area contributed by atoms with Crippen LogP contribution >= 0.6 is 0 Å². The molecule has 7 heteroatoms. The second-order valence-electron chi connectivity index (χ2n) is 6.36. The summed E-state index contributed by atoms with van der Waals surface area (Å²) in [4.78, 5) is 13.9. The summed E-state index contributed by atoms with van der Waals surface area (Å²) >= 11 is 0. The van der Waals surface area contributed by atoms with Gasteiger partial charge in [-0.15, -0.1) is 0 Å². The highest BCUT2D eigenvalue weighted by molar-refractivity contribution is 7.92. The number of anilines is 2. The van der Waals surface area contributed by atoms with E-state index in [0.717, 1.165) is 30.2 Å². The van der Waals surface area contributed by atoms with Gasteiger partial charge in [-0.1, -0.05) is 6.92 Å². The normalized spacial score (nSPS) is 14.0. The van der Waals surface area contributed by atoms with Crippen LogP contribution in [0.4, 0.5) is 15.8 Å². The van der Waals surface area contributed by atoms with Gasteiger partial charge >= 0.3 is 0 Å². The van der Waals surface area contributed by atoms with E-state index in [1.165, 1.54) is 12.1 Å². The second kappa shape index (κ2) is 7.07. The molecule has 0 unspecified atom stereocenters. The van der Waals surface area contributed by atoms with Crippen molar-refractivity contribution in [3.8, 4) is 0 Å². The molecule has 1 heterocycles. The molecule has 0 saturated carbocycles. The maximum absolute atomic E-state index is 13.2. The number of aryl methyl sites for hydroxylation is 2. The lowest BCUT2D eigenvalue weighted by atomic mass is 10.0. The number of rotatable bonds is 4. The molecule has 1 N–H and O–H groups in total. The van der Waals surface area contributed by atoms with E-state index in [4.69, 9.17) is 0 Å². The van der Waals surface area contributed by atoms with E-state index < -0.39 is 15.8 Å². The van der Waals surface area contributed by atoms with E-state index in [2.05, 4.69) is 4.72 Å². The Labute approximate surface area is 152 Å². The number of amides is 1. The summed E-state index contributed by atoms with van der Waals surface area (Å²) in [7, 11) is -3.82. The number of halogens is 1. The largest absolute Gasteiger partial charge is 0.312 e. The van der Waals surface area contributed by atoms with Crippen molar-refractivity contribution in [2.75, 3.05) is 16.2 Å². The van der Waals surface area contributed by atoms with Gasteiger partial charge in [0.25, 0.3) is 10.0 Å². The van der Waals surface area contributed by atoms with Crippen molar-refractivity contribution in [2.45, 2.75) is 38.0 Å². The van der Waals surface area contributed by atoms with E-state index in [0.29, 0.717) is 24.2 Å². The Morgan fingerprint density at radius 3 is 2.69 bits per heavy atom. The number of carbonyl (C=O) groups is 1. The molecule has 0 bridgehead atoms. The first-order chi connectivity index (χ1) is 12.3. The Bertz CT molecular complexity index is 957. The average Bonchev–Trinajstić information content (AvgIpc) is 2.59. The van der Waals surface area contributed by atoms with Gasteiger partial charge in [0, 0.05) is 24.3 Å². The van der Waals surface area contributed by atoms with Crippen molar-refractivity contribution >= 4 is 27.3 Å². The maximum atomic E-state index is 13.2. The Balaban J connectivity index is 1.90. The lowest BCUT2D eigenvalue weighted by Gasteiger charge is -2.29. The van der Waals surface area contributed by atoms with Gasteiger partial charge in [0.15, 0.2) is 0 Å². The van der Waals surface area contributed by atoms with Crippen LogP contribution in [-0.4, -0.2) is 20.9 Å². The number of hydrogen-bond acceptors (Lipinski definition) is 3. The zero-order valence-corrected chi connectivity index (χ0v) is 15.6. The summed E-state index contributed by atoms with van der Waals surface area (Å²) in [6.07, 6.45) is 2.05. The molecular formula is C19H21FN2O3S. The number of benzene rings is 2. The number of nitrogens with one attached hydrogen (secondary N) is 1. The van der Waals surface area contributed by atoms with Gasteiger partial charge in [-0.05, 0) is 67.3 Å². The van der Waals surface area contributed by atoms with Crippen molar-refractivity contribution in [3.05, 3.63) is 53.3 Å². The summed E-state index contributed by atoms with van der Waals surface area (Å²) in [5, 5.41) is 0. The van der Waals surface area contributed by atoms with Crippen molar-refractivity contribution in [1.82, 2.24) is 0 Å². The van der Waals surface area contributed by atoms with Gasteiger partial charge in [0.05, 0.1) is 4.90 Å². The molecule has 2 aromatic carbocycles. The first-order valence-corrected chi connectivity index (χ1v) is 10.0. The summed E-state index contributed by atoms with van der Waals surface area (Å²) in [6, 6.07) is 8.76. The molecule has 26 heavy (non-hydrogen) atoms. The third-order valence-corrected chi connectivity index (χ3v) is 6.02. The van der Waals surface area contributed by atoms with E-state index in [-0.39, 0.29) is 10.8 Å². The van der Waals surface area contributed by atoms with E-state index >= 15 is 0 Å². The van der Waals surface area contributed by atoms with Gasteiger partial charge in [0.2, 0.25) is 5.91 Å². The number of carbonyl (C=O) groups excluding carboxylic acids is 1. The standard InChI is InChI=1S/C19H21FN2O3S/c1-3-19(23)22-10-4-5-14-12-16(7-8-17(14)22)21-26(24,25)18-9-6-15(20)11-13(18)2/h6-9,11-12,21H,3-5,10H2,1-2H3. The summed E-state index contributed by atoms with van der Waals surface area (Å²) < 4.78 is 41.0. The Morgan fingerprint density at radius 2 is 2.00 bits per heavy atom. The van der Waals surface area contributed by atoms with Crippen molar-refractivity contribution in [1.29, 1.82) is 0 Å². The fraction of sp³-hybridized carbons (Fsp3) is 0.316. The quantitative estimate of drug-likeness (QED) is 0.886. The molecule has 0 aliphatic carbocycles. The van der Waals surface area contributed by atoms with Crippen LogP contribution in [0, 0.1) is 12.7 Å². The van der Waals surface area contributed by atoms with Crippen molar-refractivity contribution < 1.29 is 17.6 Å². The third-order valence-electron chi connectivity index (χ3n) is 4.48. The molecule has 0 aromatic heterocycles. The second-order valence-corrected chi connectivity index (χ2v) is 8.01. The predicted molar refractivity (Wildman–Crippen MR) is 99.4 cm³/mol. The monoisotopic (exact) mass is 376 g/mol. The minimum absolute atomic E-state index is 0.0411. The van der Waals surface area contributed by atoms with Gasteiger partial charge in [-0.2, -0.15) is 0 Å².